The largest absolute Gasteiger partial charge is 0.497 e. The molecule has 0 atom stereocenters. The average molecular weight is 546 g/mol. The Kier molecular flexibility index (Phi) is 9.27. The van der Waals surface area contributed by atoms with Crippen LogP contribution in [0.5, 0.6) is 17.2 Å². The predicted octanol–water partition coefficient (Wildman–Crippen LogP) is 6.04. The van der Waals surface area contributed by atoms with Crippen LogP contribution >= 0.6 is 11.8 Å². The Bertz CT molecular complexity index is 1400. The van der Waals surface area contributed by atoms with Crippen molar-refractivity contribution in [1.29, 1.82) is 0 Å². The molecule has 0 bridgehead atoms. The Morgan fingerprint density at radius 2 is 1.79 bits per heavy atom. The zero-order chi connectivity index (χ0) is 27.8. The summed E-state index contributed by atoms with van der Waals surface area (Å²) in [6, 6.07) is 20.3. The maximum Gasteiger partial charge on any atom is 0.266 e. The second-order valence-electron chi connectivity index (χ2n) is 8.54. The summed E-state index contributed by atoms with van der Waals surface area (Å²) in [6.45, 7) is 6.47. The summed E-state index contributed by atoms with van der Waals surface area (Å²) >= 11 is 1.32. The molecule has 0 unspecified atom stereocenters. The number of ether oxygens (including phenoxy) is 3. The molecule has 1 saturated heterocycles. The van der Waals surface area contributed by atoms with Crippen molar-refractivity contribution in [1.82, 2.24) is 4.90 Å². The number of nitrogens with one attached hydrogen (secondary N) is 1. The maximum absolute atomic E-state index is 13.1. The van der Waals surface area contributed by atoms with Gasteiger partial charge in [0.25, 0.3) is 11.8 Å². The minimum Gasteiger partial charge on any atom is -0.497 e. The van der Waals surface area contributed by atoms with Crippen molar-refractivity contribution >= 4 is 46.2 Å². The molecule has 1 aliphatic rings. The first-order valence-electron chi connectivity index (χ1n) is 12.6. The number of likely N-dealkylation sites (N-methyl/N-ethyl adjacent to an activating group) is 1. The van der Waals surface area contributed by atoms with E-state index in [2.05, 4.69) is 10.3 Å². The van der Waals surface area contributed by atoms with Gasteiger partial charge in [-0.15, -0.1) is 0 Å². The van der Waals surface area contributed by atoms with Crippen LogP contribution in [0.3, 0.4) is 0 Å². The maximum atomic E-state index is 13.1. The highest BCUT2D eigenvalue weighted by atomic mass is 32.2. The number of amidine groups is 1. The average Bonchev–Trinajstić information content (AvgIpc) is 3.23. The number of hydrogen-bond acceptors (Lipinski definition) is 7. The van der Waals surface area contributed by atoms with Gasteiger partial charge in [0.05, 0.1) is 24.3 Å². The molecule has 39 heavy (non-hydrogen) atoms. The van der Waals surface area contributed by atoms with Crippen LogP contribution in [0.2, 0.25) is 0 Å². The van der Waals surface area contributed by atoms with Gasteiger partial charge in [-0.05, 0) is 92.2 Å². The third kappa shape index (κ3) is 7.00. The van der Waals surface area contributed by atoms with E-state index in [9.17, 15) is 9.59 Å². The van der Waals surface area contributed by atoms with Gasteiger partial charge in [-0.25, -0.2) is 4.99 Å². The van der Waals surface area contributed by atoms with Gasteiger partial charge in [0, 0.05) is 12.2 Å². The first-order valence-corrected chi connectivity index (χ1v) is 13.4. The SMILES string of the molecule is CCOc1cc(/C=C2\SC(=Nc3ccc(OC)cc3)N(CC)C2=O)ccc1OCC(=O)Nc1ccccc1C. The standard InChI is InChI=1S/C30H31N3O5S/c1-5-33-29(35)27(39-30(33)31-22-12-14-23(36-4)15-13-22)18-21-11-16-25(26(17-21)37-6-2)38-19-28(34)32-24-10-8-7-9-20(24)3/h7-18H,5-6,19H2,1-4H3,(H,32,34)/b27-18-,31-30?. The monoisotopic (exact) mass is 545 g/mol. The van der Waals surface area contributed by atoms with E-state index < -0.39 is 0 Å². The van der Waals surface area contributed by atoms with E-state index in [0.717, 1.165) is 28.3 Å². The van der Waals surface area contributed by atoms with Gasteiger partial charge in [0.15, 0.2) is 23.3 Å². The van der Waals surface area contributed by atoms with Crippen LogP contribution in [0.15, 0.2) is 76.6 Å². The number of aliphatic imine (C=N–C) groups is 1. The zero-order valence-corrected chi connectivity index (χ0v) is 23.2. The van der Waals surface area contributed by atoms with Crippen molar-refractivity contribution < 1.29 is 23.8 Å². The molecule has 0 spiro atoms. The fourth-order valence-corrected chi connectivity index (χ4v) is 4.90. The molecule has 0 saturated carbocycles. The van der Waals surface area contributed by atoms with Crippen LogP contribution < -0.4 is 19.5 Å². The molecular formula is C30H31N3O5S. The van der Waals surface area contributed by atoms with Gasteiger partial charge < -0.3 is 19.5 Å². The summed E-state index contributed by atoms with van der Waals surface area (Å²) in [5, 5.41) is 3.47. The van der Waals surface area contributed by atoms with Gasteiger partial charge in [-0.1, -0.05) is 24.3 Å². The number of hydrogen-bond donors (Lipinski definition) is 1. The van der Waals surface area contributed by atoms with E-state index in [4.69, 9.17) is 14.2 Å². The first kappa shape index (κ1) is 27.8. The molecule has 8 nitrogen and oxygen atoms in total. The van der Waals surface area contributed by atoms with Crippen LogP contribution in [0.4, 0.5) is 11.4 Å². The molecule has 202 valence electrons. The minimum absolute atomic E-state index is 0.110. The van der Waals surface area contributed by atoms with E-state index in [1.165, 1.54) is 11.8 Å². The number of carbonyl (C=O) groups excluding carboxylic acids is 2. The van der Waals surface area contributed by atoms with Gasteiger partial charge in [0.2, 0.25) is 0 Å². The zero-order valence-electron chi connectivity index (χ0n) is 22.4. The molecule has 4 rings (SSSR count). The molecular weight excluding hydrogens is 514 g/mol. The lowest BCUT2D eigenvalue weighted by Crippen LogP contribution is -2.28. The lowest BCUT2D eigenvalue weighted by molar-refractivity contribution is -0.122. The molecule has 1 N–H and O–H groups in total. The van der Waals surface area contributed by atoms with Gasteiger partial charge in [-0.2, -0.15) is 0 Å². The van der Waals surface area contributed by atoms with Crippen molar-refractivity contribution in [3.8, 4) is 17.2 Å². The molecule has 9 heteroatoms. The second kappa shape index (κ2) is 13.0. The molecule has 0 aliphatic carbocycles. The number of anilines is 1. The number of rotatable bonds is 10. The van der Waals surface area contributed by atoms with Gasteiger partial charge in [0.1, 0.15) is 5.75 Å². The molecule has 3 aromatic rings. The highest BCUT2D eigenvalue weighted by Crippen LogP contribution is 2.36. The Morgan fingerprint density at radius 3 is 2.49 bits per heavy atom. The Morgan fingerprint density at radius 1 is 1.03 bits per heavy atom. The van der Waals surface area contributed by atoms with Crippen molar-refractivity contribution in [2.45, 2.75) is 20.8 Å². The summed E-state index contributed by atoms with van der Waals surface area (Å²) in [6.07, 6.45) is 1.81. The van der Waals surface area contributed by atoms with Crippen LogP contribution in [-0.4, -0.2) is 48.8 Å². The first-order chi connectivity index (χ1) is 18.9. The number of benzene rings is 3. The summed E-state index contributed by atoms with van der Waals surface area (Å²) in [5.74, 6) is 1.30. The topological polar surface area (TPSA) is 89.5 Å². The minimum atomic E-state index is -0.269. The number of aryl methyl sites for hydroxylation is 1. The number of carbonyl (C=O) groups is 2. The number of thioether (sulfide) groups is 1. The molecule has 1 fully saturated rings. The Balaban J connectivity index is 1.49. The number of methoxy groups -OCH3 is 1. The molecule has 0 radical (unpaired) electrons. The van der Waals surface area contributed by atoms with Crippen molar-refractivity contribution in [3.63, 3.8) is 0 Å². The predicted molar refractivity (Wildman–Crippen MR) is 156 cm³/mol. The van der Waals surface area contributed by atoms with E-state index in [-0.39, 0.29) is 18.4 Å². The quantitative estimate of drug-likeness (QED) is 0.312. The van der Waals surface area contributed by atoms with Crippen molar-refractivity contribution in [2.24, 2.45) is 4.99 Å². The summed E-state index contributed by atoms with van der Waals surface area (Å²) in [4.78, 5) is 32.4. The van der Waals surface area contributed by atoms with Crippen molar-refractivity contribution in [2.75, 3.05) is 32.2 Å². The van der Waals surface area contributed by atoms with Crippen molar-refractivity contribution in [3.05, 3.63) is 82.8 Å². The molecule has 1 aliphatic heterocycles. The van der Waals surface area contributed by atoms with Gasteiger partial charge in [-0.3, -0.25) is 14.5 Å². The third-order valence-electron chi connectivity index (χ3n) is 5.84. The summed E-state index contributed by atoms with van der Waals surface area (Å²) in [7, 11) is 1.61. The molecule has 2 amide bonds. The van der Waals surface area contributed by atoms with E-state index in [1.54, 1.807) is 24.1 Å². The highest BCUT2D eigenvalue weighted by Gasteiger charge is 2.32. The van der Waals surface area contributed by atoms with Crippen LogP contribution in [0, 0.1) is 6.92 Å². The lowest BCUT2D eigenvalue weighted by atomic mass is 10.2. The van der Waals surface area contributed by atoms with E-state index in [0.29, 0.717) is 34.7 Å². The van der Waals surface area contributed by atoms with Crippen LogP contribution in [0.25, 0.3) is 6.08 Å². The second-order valence-corrected chi connectivity index (χ2v) is 9.55. The Labute approximate surface area is 232 Å². The summed E-state index contributed by atoms with van der Waals surface area (Å²) < 4.78 is 16.8. The van der Waals surface area contributed by atoms with Crippen LogP contribution in [0.1, 0.15) is 25.0 Å². The molecule has 3 aromatic carbocycles. The third-order valence-corrected chi connectivity index (χ3v) is 6.85. The van der Waals surface area contributed by atoms with Crippen LogP contribution in [-0.2, 0) is 9.59 Å². The fraction of sp³-hybridized carbons (Fsp3) is 0.233. The molecule has 0 aromatic heterocycles. The Hall–Kier alpha value is -4.24. The normalized spacial score (nSPS) is 15.1. The number of para-hydroxylation sites is 1. The summed E-state index contributed by atoms with van der Waals surface area (Å²) in [5.41, 5.74) is 3.22. The van der Waals surface area contributed by atoms with E-state index >= 15 is 0 Å². The smallest absolute Gasteiger partial charge is 0.266 e. The van der Waals surface area contributed by atoms with E-state index in [1.807, 2.05) is 81.4 Å². The fourth-order valence-electron chi connectivity index (χ4n) is 3.83. The highest BCUT2D eigenvalue weighted by molar-refractivity contribution is 8.18. The van der Waals surface area contributed by atoms with Gasteiger partial charge >= 0.3 is 0 Å². The molecule has 1 heterocycles. The number of nitrogens with zero attached hydrogens (tertiary/aromatic N) is 2. The lowest BCUT2D eigenvalue weighted by Gasteiger charge is -2.13. The number of amides is 2.